The molecule has 36 heavy (non-hydrogen) atoms. The summed E-state index contributed by atoms with van der Waals surface area (Å²) in [5.74, 6) is 0.955. The van der Waals surface area contributed by atoms with Gasteiger partial charge in [-0.05, 0) is 31.0 Å². The molecule has 2 atom stereocenters. The number of piperidine rings is 1. The zero-order chi connectivity index (χ0) is 24.6. The van der Waals surface area contributed by atoms with E-state index in [1.54, 1.807) is 16.2 Å². The highest BCUT2D eigenvalue weighted by molar-refractivity contribution is 5.89. The minimum Gasteiger partial charge on any atom is -0.378 e. The number of ether oxygens (including phenoxy) is 1. The Kier molecular flexibility index (Phi) is 6.09. The number of hydrogen-bond acceptors (Lipinski definition) is 9. The number of aryl methyl sites for hydroxylation is 1. The fourth-order valence-corrected chi connectivity index (χ4v) is 4.85. The average molecular weight is 499 g/mol. The fraction of sp³-hybridized carbons (Fsp3) is 0.522. The van der Waals surface area contributed by atoms with Gasteiger partial charge in [0.2, 0.25) is 5.95 Å². The average Bonchev–Trinajstić information content (AvgIpc) is 3.46. The predicted molar refractivity (Wildman–Crippen MR) is 131 cm³/mol. The van der Waals surface area contributed by atoms with E-state index in [4.69, 9.17) is 9.72 Å². The highest BCUT2D eigenvalue weighted by Crippen LogP contribution is 2.30. The molecule has 0 unspecified atom stereocenters. The summed E-state index contributed by atoms with van der Waals surface area (Å²) < 4.78 is 36.2. The number of alkyl halides is 2. The second-order valence-corrected chi connectivity index (χ2v) is 9.19. The summed E-state index contributed by atoms with van der Waals surface area (Å²) >= 11 is 0. The van der Waals surface area contributed by atoms with Crippen LogP contribution in [0.2, 0.25) is 0 Å². The molecule has 6 rings (SSSR count). The van der Waals surface area contributed by atoms with Crippen LogP contribution >= 0.6 is 0 Å². The van der Waals surface area contributed by atoms with Crippen LogP contribution in [0.5, 0.6) is 0 Å². The summed E-state index contributed by atoms with van der Waals surface area (Å²) in [5, 5.41) is 19.2. The molecule has 11 nitrogen and oxygen atoms in total. The zero-order valence-corrected chi connectivity index (χ0v) is 19.9. The number of hydrogen-bond donors (Lipinski definition) is 2. The molecule has 0 spiro atoms. The number of rotatable bonds is 8. The van der Waals surface area contributed by atoms with Crippen molar-refractivity contribution in [3.05, 3.63) is 24.4 Å². The monoisotopic (exact) mass is 498 g/mol. The van der Waals surface area contributed by atoms with E-state index in [2.05, 4.69) is 35.9 Å². The zero-order valence-electron chi connectivity index (χ0n) is 19.9. The number of fused-ring (bicyclic) bond motifs is 2. The molecule has 0 amide bonds. The van der Waals surface area contributed by atoms with Crippen molar-refractivity contribution in [2.75, 3.05) is 50.7 Å². The number of anilines is 2. The first-order valence-corrected chi connectivity index (χ1v) is 12.2. The Labute approximate surface area is 205 Å². The van der Waals surface area contributed by atoms with E-state index >= 15 is 0 Å². The maximum atomic E-state index is 15.0. The molecule has 0 saturated carbocycles. The minimum absolute atomic E-state index is 0.330. The van der Waals surface area contributed by atoms with E-state index in [0.29, 0.717) is 73.8 Å². The minimum atomic E-state index is -1.02. The second kappa shape index (κ2) is 9.54. The summed E-state index contributed by atoms with van der Waals surface area (Å²) in [4.78, 5) is 11.6. The summed E-state index contributed by atoms with van der Waals surface area (Å²) in [7, 11) is 1.78. The lowest BCUT2D eigenvalue weighted by Crippen LogP contribution is -2.57. The third-order valence-electron chi connectivity index (χ3n) is 6.91. The van der Waals surface area contributed by atoms with Gasteiger partial charge in [-0.2, -0.15) is 4.98 Å². The number of halogens is 2. The van der Waals surface area contributed by atoms with Gasteiger partial charge in [0.15, 0.2) is 11.5 Å². The van der Waals surface area contributed by atoms with Gasteiger partial charge < -0.3 is 15.4 Å². The Morgan fingerprint density at radius 1 is 1.19 bits per heavy atom. The Morgan fingerprint density at radius 2 is 2.08 bits per heavy atom. The van der Waals surface area contributed by atoms with Crippen molar-refractivity contribution in [2.24, 2.45) is 0 Å². The van der Waals surface area contributed by atoms with Gasteiger partial charge in [0.1, 0.15) is 17.2 Å². The topological polar surface area (TPSA) is 110 Å². The van der Waals surface area contributed by atoms with Gasteiger partial charge in [-0.15, -0.1) is 10.2 Å². The van der Waals surface area contributed by atoms with E-state index in [9.17, 15) is 8.78 Å². The molecule has 2 fully saturated rings. The van der Waals surface area contributed by atoms with Crippen molar-refractivity contribution >= 4 is 28.4 Å². The molecule has 4 aromatic rings. The molecule has 0 bridgehead atoms. The van der Waals surface area contributed by atoms with Gasteiger partial charge in [-0.25, -0.2) is 18.6 Å². The fourth-order valence-electron chi connectivity index (χ4n) is 4.85. The van der Waals surface area contributed by atoms with Crippen LogP contribution in [0.3, 0.4) is 0 Å². The molecule has 2 saturated heterocycles. The lowest BCUT2D eigenvalue weighted by atomic mass is 10.0. The normalized spacial score (nSPS) is 21.2. The van der Waals surface area contributed by atoms with Crippen LogP contribution < -0.4 is 10.6 Å². The largest absolute Gasteiger partial charge is 0.378 e. The van der Waals surface area contributed by atoms with Crippen molar-refractivity contribution in [2.45, 2.75) is 37.6 Å². The van der Waals surface area contributed by atoms with Gasteiger partial charge in [0.05, 0.1) is 37.7 Å². The van der Waals surface area contributed by atoms with Crippen LogP contribution in [-0.2, 0) is 11.3 Å². The highest BCUT2D eigenvalue weighted by atomic mass is 19.1. The van der Waals surface area contributed by atoms with E-state index in [0.717, 1.165) is 17.6 Å². The molecular weight excluding hydrogens is 470 g/mol. The molecule has 190 valence electrons. The third-order valence-corrected chi connectivity index (χ3v) is 6.91. The highest BCUT2D eigenvalue weighted by Gasteiger charge is 2.35. The van der Waals surface area contributed by atoms with Gasteiger partial charge >= 0.3 is 0 Å². The lowest BCUT2D eigenvalue weighted by molar-refractivity contribution is -0.0794. The molecule has 13 heteroatoms. The van der Waals surface area contributed by atoms with Crippen molar-refractivity contribution in [1.29, 1.82) is 0 Å². The predicted octanol–water partition coefficient (Wildman–Crippen LogP) is 2.16. The maximum Gasteiger partial charge on any atom is 0.243 e. The van der Waals surface area contributed by atoms with Gasteiger partial charge in [0, 0.05) is 38.4 Å². The van der Waals surface area contributed by atoms with E-state index in [1.807, 2.05) is 24.4 Å². The summed E-state index contributed by atoms with van der Waals surface area (Å²) in [6.07, 6.45) is 1.82. The quantitative estimate of drug-likeness (QED) is 0.378. The molecule has 2 N–H and O–H groups in total. The lowest BCUT2D eigenvalue weighted by Gasteiger charge is -2.42. The summed E-state index contributed by atoms with van der Waals surface area (Å²) in [6, 6.07) is 5.60. The Hall–Kier alpha value is -3.45. The number of nitrogens with zero attached hydrogens (tertiary/aromatic N) is 8. The smallest absolute Gasteiger partial charge is 0.243 e. The number of aromatic nitrogens is 7. The van der Waals surface area contributed by atoms with Crippen LogP contribution in [0.25, 0.3) is 27.9 Å². The van der Waals surface area contributed by atoms with Crippen LogP contribution in [0.4, 0.5) is 20.5 Å². The number of nitrogens with one attached hydrogen (secondary N) is 2. The van der Waals surface area contributed by atoms with Crippen LogP contribution in [-0.4, -0.2) is 97.8 Å². The van der Waals surface area contributed by atoms with Gasteiger partial charge in [-0.3, -0.25) is 9.29 Å². The molecule has 4 aromatic heterocycles. The first-order valence-electron chi connectivity index (χ1n) is 12.2. The van der Waals surface area contributed by atoms with Gasteiger partial charge in [-0.1, -0.05) is 5.21 Å². The van der Waals surface area contributed by atoms with Crippen LogP contribution in [0, 0.1) is 0 Å². The van der Waals surface area contributed by atoms with Crippen molar-refractivity contribution in [3.63, 3.8) is 0 Å². The summed E-state index contributed by atoms with van der Waals surface area (Å²) in [6.45, 7) is 2.54. The van der Waals surface area contributed by atoms with E-state index in [1.165, 1.54) is 0 Å². The standard InChI is InChI=1S/C23H28F2N10O/c1-26-21-20-15(17-3-4-19-22(27-17)35(32-30-19)8-2-7-24)5-10-34(20)31-23(29-21)28-18-6-9-33(11-16(18)25)14-12-36-13-14/h3-5,10,14,16,18H,2,6-9,11-13H2,1H3,(H2,26,28,29,31)/t16-,18+/m1/s1. The first kappa shape index (κ1) is 23.0. The Balaban J connectivity index is 1.27. The van der Waals surface area contributed by atoms with E-state index < -0.39 is 12.8 Å². The SMILES string of the molecule is CNc1nc(N[C@H]2CCN(C3COC3)C[C@H]2F)nn2ccc(-c3ccc4nnn(CCCF)c4n3)c12. The third kappa shape index (κ3) is 4.11. The molecule has 6 heterocycles. The van der Waals surface area contributed by atoms with Gasteiger partial charge in [0.25, 0.3) is 0 Å². The molecule has 0 aliphatic carbocycles. The molecule has 2 aliphatic rings. The van der Waals surface area contributed by atoms with E-state index in [-0.39, 0.29) is 6.04 Å². The molecule has 0 radical (unpaired) electrons. The number of likely N-dealkylation sites (tertiary alicyclic amines) is 1. The first-order chi connectivity index (χ1) is 17.6. The number of pyridine rings is 1. The van der Waals surface area contributed by atoms with Crippen molar-refractivity contribution in [3.8, 4) is 11.3 Å². The Bertz CT molecular complexity index is 1370. The second-order valence-electron chi connectivity index (χ2n) is 9.19. The molecule has 0 aromatic carbocycles. The van der Waals surface area contributed by atoms with Crippen molar-refractivity contribution in [1.82, 2.24) is 39.5 Å². The maximum absolute atomic E-state index is 15.0. The Morgan fingerprint density at radius 3 is 2.83 bits per heavy atom. The molecule has 2 aliphatic heterocycles. The summed E-state index contributed by atoms with van der Waals surface area (Å²) in [5.41, 5.74) is 3.51. The van der Waals surface area contributed by atoms with Crippen LogP contribution in [0.1, 0.15) is 12.8 Å². The molecular formula is C23H28F2N10O. The van der Waals surface area contributed by atoms with Crippen LogP contribution in [0.15, 0.2) is 24.4 Å². The van der Waals surface area contributed by atoms with Crippen molar-refractivity contribution < 1.29 is 13.5 Å².